The van der Waals surface area contributed by atoms with Crippen LogP contribution in [0, 0.1) is 6.92 Å². The van der Waals surface area contributed by atoms with Gasteiger partial charge in [0.25, 0.3) is 0 Å². The van der Waals surface area contributed by atoms with Crippen LogP contribution in [-0.2, 0) is 14.3 Å². The molecule has 1 saturated heterocycles. The van der Waals surface area contributed by atoms with Crippen molar-refractivity contribution in [1.29, 1.82) is 0 Å². The Kier molecular flexibility index (Phi) is 11.2. The van der Waals surface area contributed by atoms with Crippen LogP contribution in [0.1, 0.15) is 32.3 Å². The van der Waals surface area contributed by atoms with Crippen molar-refractivity contribution < 1.29 is 14.3 Å². The van der Waals surface area contributed by atoms with Gasteiger partial charge >= 0.3 is 5.97 Å². The van der Waals surface area contributed by atoms with Gasteiger partial charge < -0.3 is 9.47 Å². The van der Waals surface area contributed by atoms with E-state index in [0.29, 0.717) is 6.61 Å². The fourth-order valence-electron chi connectivity index (χ4n) is 1.25. The molecule has 102 valence electrons. The minimum absolute atomic E-state index is 0.211. The molecule has 2 rings (SSSR count). The minimum Gasteiger partial charge on any atom is -0.466 e. The Morgan fingerprint density at radius 2 is 1.78 bits per heavy atom. The predicted molar refractivity (Wildman–Crippen MR) is 73.5 cm³/mol. The Balaban J connectivity index is 0.000000244. The first-order chi connectivity index (χ1) is 8.66. The molecule has 0 bridgehead atoms. The number of hydrogen-bond donors (Lipinski definition) is 0. The van der Waals surface area contributed by atoms with Crippen molar-refractivity contribution in [2.45, 2.75) is 33.6 Å². The van der Waals surface area contributed by atoms with E-state index in [4.69, 9.17) is 4.74 Å². The number of hydrogen-bond acceptors (Lipinski definition) is 3. The van der Waals surface area contributed by atoms with Crippen LogP contribution in [0.15, 0.2) is 30.3 Å². The van der Waals surface area contributed by atoms with Crippen LogP contribution in [0.25, 0.3) is 0 Å². The van der Waals surface area contributed by atoms with Crippen molar-refractivity contribution in [1.82, 2.24) is 0 Å². The van der Waals surface area contributed by atoms with Crippen molar-refractivity contribution in [2.75, 3.05) is 19.8 Å². The third-order valence-electron chi connectivity index (χ3n) is 2.12. The maximum Gasteiger partial charge on any atom is 0.302 e. The van der Waals surface area contributed by atoms with E-state index in [2.05, 4.69) is 23.8 Å². The smallest absolute Gasteiger partial charge is 0.302 e. The van der Waals surface area contributed by atoms with Crippen LogP contribution in [0.5, 0.6) is 0 Å². The molecule has 3 heteroatoms. The van der Waals surface area contributed by atoms with Gasteiger partial charge in [-0.15, -0.1) is 0 Å². The molecular weight excluding hydrogens is 228 g/mol. The summed E-state index contributed by atoms with van der Waals surface area (Å²) in [6, 6.07) is 10.3. The summed E-state index contributed by atoms with van der Waals surface area (Å²) in [6.45, 7) is 7.74. The zero-order valence-corrected chi connectivity index (χ0v) is 11.6. The molecule has 0 unspecified atom stereocenters. The average molecular weight is 252 g/mol. The van der Waals surface area contributed by atoms with Gasteiger partial charge in [0.1, 0.15) is 0 Å². The third-order valence-corrected chi connectivity index (χ3v) is 2.12. The highest BCUT2D eigenvalue weighted by molar-refractivity contribution is 5.65. The number of carbonyl (C=O) groups excluding carboxylic acids is 1. The summed E-state index contributed by atoms with van der Waals surface area (Å²) in [5.74, 6) is -0.211. The third kappa shape index (κ3) is 12.7. The van der Waals surface area contributed by atoms with Crippen LogP contribution in [0.2, 0.25) is 0 Å². The standard InChI is InChI=1S/C7H8.C4H8O2.C4H8O/c1-7-5-3-2-4-6-7;1-3-6-4(2)5;1-2-4-5-3-1/h2-6H,1H3;3H2,1-2H3;1-4H2. The second-order valence-electron chi connectivity index (χ2n) is 3.90. The van der Waals surface area contributed by atoms with Crippen molar-refractivity contribution in [2.24, 2.45) is 0 Å². The number of aryl methyl sites for hydroxylation is 1. The topological polar surface area (TPSA) is 35.5 Å². The van der Waals surface area contributed by atoms with Crippen LogP contribution < -0.4 is 0 Å². The lowest BCUT2D eigenvalue weighted by Crippen LogP contribution is -1.95. The zero-order chi connectivity index (χ0) is 13.6. The molecule has 1 aliphatic rings. The molecule has 1 aromatic rings. The summed E-state index contributed by atoms with van der Waals surface area (Å²) < 4.78 is 9.35. The molecule has 0 N–H and O–H groups in total. The number of esters is 1. The lowest BCUT2D eigenvalue weighted by atomic mass is 10.2. The Morgan fingerprint density at radius 1 is 1.22 bits per heavy atom. The fraction of sp³-hybridized carbons (Fsp3) is 0.533. The van der Waals surface area contributed by atoms with E-state index in [9.17, 15) is 4.79 Å². The highest BCUT2D eigenvalue weighted by Crippen LogP contribution is 1.98. The summed E-state index contributed by atoms with van der Waals surface area (Å²) in [6.07, 6.45) is 2.56. The highest BCUT2D eigenvalue weighted by atomic mass is 16.5. The minimum atomic E-state index is -0.211. The molecule has 1 fully saturated rings. The van der Waals surface area contributed by atoms with Gasteiger partial charge in [0.05, 0.1) is 6.61 Å². The van der Waals surface area contributed by atoms with Gasteiger partial charge in [-0.1, -0.05) is 35.9 Å². The lowest BCUT2D eigenvalue weighted by Gasteiger charge is -1.89. The van der Waals surface area contributed by atoms with Gasteiger partial charge in [-0.2, -0.15) is 0 Å². The second-order valence-corrected chi connectivity index (χ2v) is 3.90. The molecule has 0 aromatic heterocycles. The predicted octanol–water partition coefficient (Wildman–Crippen LogP) is 3.36. The number of carbonyl (C=O) groups is 1. The molecule has 1 aromatic carbocycles. The van der Waals surface area contributed by atoms with Crippen LogP contribution in [-0.4, -0.2) is 25.8 Å². The Labute approximate surface area is 110 Å². The Morgan fingerprint density at radius 3 is 1.94 bits per heavy atom. The zero-order valence-electron chi connectivity index (χ0n) is 11.6. The van der Waals surface area contributed by atoms with E-state index in [1.807, 2.05) is 18.2 Å². The van der Waals surface area contributed by atoms with Gasteiger partial charge in [0, 0.05) is 20.1 Å². The van der Waals surface area contributed by atoms with E-state index in [1.165, 1.54) is 25.3 Å². The largest absolute Gasteiger partial charge is 0.466 e. The molecule has 3 nitrogen and oxygen atoms in total. The summed E-state index contributed by atoms with van der Waals surface area (Å²) >= 11 is 0. The molecule has 1 heterocycles. The second kappa shape index (κ2) is 12.1. The average Bonchev–Trinajstić information content (AvgIpc) is 2.89. The van der Waals surface area contributed by atoms with Gasteiger partial charge in [-0.05, 0) is 26.7 Å². The quantitative estimate of drug-likeness (QED) is 0.719. The summed E-state index contributed by atoms with van der Waals surface area (Å²) in [4.78, 5) is 9.82. The molecule has 0 radical (unpaired) electrons. The van der Waals surface area contributed by atoms with E-state index in [1.54, 1.807) is 6.92 Å². The van der Waals surface area contributed by atoms with Crippen molar-refractivity contribution in [3.63, 3.8) is 0 Å². The number of ether oxygens (including phenoxy) is 2. The fourth-order valence-corrected chi connectivity index (χ4v) is 1.25. The summed E-state index contributed by atoms with van der Waals surface area (Å²) in [7, 11) is 0. The van der Waals surface area contributed by atoms with E-state index in [-0.39, 0.29) is 5.97 Å². The monoisotopic (exact) mass is 252 g/mol. The van der Waals surface area contributed by atoms with Crippen LogP contribution in [0.4, 0.5) is 0 Å². The van der Waals surface area contributed by atoms with Gasteiger partial charge in [-0.3, -0.25) is 4.79 Å². The van der Waals surface area contributed by atoms with E-state index in [0.717, 1.165) is 13.2 Å². The molecule has 0 saturated carbocycles. The normalized spacial score (nSPS) is 12.6. The maximum absolute atomic E-state index is 9.82. The Hall–Kier alpha value is -1.35. The van der Waals surface area contributed by atoms with Crippen molar-refractivity contribution in [3.8, 4) is 0 Å². The van der Waals surface area contributed by atoms with Gasteiger partial charge in [0.2, 0.25) is 0 Å². The van der Waals surface area contributed by atoms with Crippen LogP contribution in [0.3, 0.4) is 0 Å². The SMILES string of the molecule is C1CCOC1.CCOC(C)=O.Cc1ccccc1. The molecule has 0 atom stereocenters. The Bertz CT molecular complexity index is 284. The number of benzene rings is 1. The first kappa shape index (κ1) is 16.6. The molecule has 0 spiro atoms. The van der Waals surface area contributed by atoms with Crippen LogP contribution >= 0.6 is 0 Å². The first-order valence-electron chi connectivity index (χ1n) is 6.39. The molecule has 0 aliphatic carbocycles. The van der Waals surface area contributed by atoms with Crippen molar-refractivity contribution >= 4 is 5.97 Å². The lowest BCUT2D eigenvalue weighted by molar-refractivity contribution is -0.140. The van der Waals surface area contributed by atoms with E-state index < -0.39 is 0 Å². The summed E-state index contributed by atoms with van der Waals surface area (Å²) in [5.41, 5.74) is 1.32. The number of rotatable bonds is 1. The molecule has 0 amide bonds. The summed E-state index contributed by atoms with van der Waals surface area (Å²) in [5, 5.41) is 0. The van der Waals surface area contributed by atoms with E-state index >= 15 is 0 Å². The van der Waals surface area contributed by atoms with Gasteiger partial charge in [-0.25, -0.2) is 0 Å². The molecule has 18 heavy (non-hydrogen) atoms. The van der Waals surface area contributed by atoms with Gasteiger partial charge in [0.15, 0.2) is 0 Å². The van der Waals surface area contributed by atoms with Crippen molar-refractivity contribution in [3.05, 3.63) is 35.9 Å². The maximum atomic E-state index is 9.82. The first-order valence-corrected chi connectivity index (χ1v) is 6.39. The highest BCUT2D eigenvalue weighted by Gasteiger charge is 1.94. The molecular formula is C15H24O3. The molecule has 1 aliphatic heterocycles.